The number of carbonyl (C=O) groups is 3. The van der Waals surface area contributed by atoms with E-state index in [0.717, 1.165) is 30.6 Å². The van der Waals surface area contributed by atoms with E-state index in [-0.39, 0.29) is 5.78 Å². The molecular formula is C23H29N3O6. The fourth-order valence-electron chi connectivity index (χ4n) is 4.20. The zero-order valence-electron chi connectivity index (χ0n) is 18.3. The van der Waals surface area contributed by atoms with E-state index in [0.29, 0.717) is 25.0 Å². The van der Waals surface area contributed by atoms with E-state index < -0.39 is 29.4 Å². The maximum absolute atomic E-state index is 12.7. The Labute approximate surface area is 186 Å². The van der Waals surface area contributed by atoms with Crippen LogP contribution in [0.3, 0.4) is 0 Å². The number of hydrazone groups is 1. The first kappa shape index (κ1) is 23.6. The van der Waals surface area contributed by atoms with E-state index >= 15 is 0 Å². The number of amides is 2. The molecule has 0 unspecified atom stereocenters. The highest BCUT2D eigenvalue weighted by atomic mass is 16.5. The number of hydrogen-bond donors (Lipinski definition) is 4. The van der Waals surface area contributed by atoms with Crippen LogP contribution in [0.4, 0.5) is 0 Å². The molecule has 3 atom stereocenters. The smallest absolute Gasteiger partial charge is 0.272 e. The van der Waals surface area contributed by atoms with Crippen LogP contribution in [0.2, 0.25) is 0 Å². The lowest BCUT2D eigenvalue weighted by molar-refractivity contribution is -0.144. The minimum Gasteiger partial charge on any atom is -0.497 e. The molecule has 5 N–H and O–H groups in total. The number of ether oxygens (including phenoxy) is 1. The Balaban J connectivity index is 1.78. The van der Waals surface area contributed by atoms with Crippen molar-refractivity contribution in [2.45, 2.75) is 57.7 Å². The van der Waals surface area contributed by atoms with Crippen LogP contribution in [0, 0.1) is 5.41 Å². The van der Waals surface area contributed by atoms with Gasteiger partial charge in [-0.3, -0.25) is 14.4 Å². The van der Waals surface area contributed by atoms with Crippen LogP contribution in [0.5, 0.6) is 5.75 Å². The number of aliphatic hydroxyl groups is 2. The number of methoxy groups -OCH3 is 1. The third-order valence-electron chi connectivity index (χ3n) is 6.31. The number of rotatable bonds is 7. The third kappa shape index (κ3) is 4.73. The highest BCUT2D eigenvalue weighted by Gasteiger charge is 2.43. The molecule has 0 saturated heterocycles. The summed E-state index contributed by atoms with van der Waals surface area (Å²) in [6.45, 7) is 1.79. The second-order valence-electron chi connectivity index (χ2n) is 8.39. The van der Waals surface area contributed by atoms with Gasteiger partial charge in [0.25, 0.3) is 5.91 Å². The van der Waals surface area contributed by atoms with Crippen molar-refractivity contribution in [2.24, 2.45) is 16.3 Å². The van der Waals surface area contributed by atoms with E-state index in [1.807, 2.05) is 18.2 Å². The molecule has 0 aromatic heterocycles. The van der Waals surface area contributed by atoms with Crippen molar-refractivity contribution >= 4 is 28.9 Å². The summed E-state index contributed by atoms with van der Waals surface area (Å²) in [7, 11) is 1.64. The first-order valence-corrected chi connectivity index (χ1v) is 10.6. The van der Waals surface area contributed by atoms with Crippen LogP contribution in [0.15, 0.2) is 29.4 Å². The summed E-state index contributed by atoms with van der Waals surface area (Å²) in [6, 6.07) is 6.01. The zero-order valence-corrected chi connectivity index (χ0v) is 18.3. The summed E-state index contributed by atoms with van der Waals surface area (Å²) in [6.07, 6.45) is 1.97. The number of hydrogen-bond acceptors (Lipinski definition) is 7. The summed E-state index contributed by atoms with van der Waals surface area (Å²) < 4.78 is 5.32. The number of nitrogens with one attached hydrogen (secondary N) is 1. The minimum atomic E-state index is -2.04. The van der Waals surface area contributed by atoms with E-state index in [9.17, 15) is 24.6 Å². The van der Waals surface area contributed by atoms with Crippen molar-refractivity contribution in [1.82, 2.24) is 5.43 Å². The first-order valence-electron chi connectivity index (χ1n) is 10.6. The molecule has 0 spiro atoms. The molecule has 172 valence electrons. The number of benzene rings is 1. The lowest BCUT2D eigenvalue weighted by Crippen LogP contribution is -2.47. The van der Waals surface area contributed by atoms with Gasteiger partial charge in [0, 0.05) is 6.42 Å². The minimum absolute atomic E-state index is 0.0193. The highest BCUT2D eigenvalue weighted by Crippen LogP contribution is 2.39. The van der Waals surface area contributed by atoms with E-state index in [1.54, 1.807) is 14.0 Å². The number of aryl methyl sites for hydroxylation is 1. The summed E-state index contributed by atoms with van der Waals surface area (Å²) in [5, 5.41) is 23.2. The molecule has 9 heteroatoms. The number of aliphatic hydroxyl groups excluding tert-OH is 2. The molecule has 2 aliphatic rings. The SMILES string of the molecule is COc1ccc2c(c1)CCC/C2=C\C[C@]1(C)C(=O)CC/C1=N\NC(=O)[C@@H](O)[C@H](O)C(N)=O. The fraction of sp³-hybridized carbons (Fsp3) is 0.478. The van der Waals surface area contributed by atoms with Crippen LogP contribution >= 0.6 is 0 Å². The Hall–Kier alpha value is -3.04. The van der Waals surface area contributed by atoms with Gasteiger partial charge in [0.1, 0.15) is 11.5 Å². The Morgan fingerprint density at radius 3 is 2.69 bits per heavy atom. The Morgan fingerprint density at radius 1 is 1.25 bits per heavy atom. The molecule has 1 aromatic carbocycles. The molecule has 32 heavy (non-hydrogen) atoms. The number of Topliss-reactive ketones (excluding diaryl/α,β-unsaturated/α-hetero) is 1. The van der Waals surface area contributed by atoms with Gasteiger partial charge in [-0.05, 0) is 67.9 Å². The Morgan fingerprint density at radius 2 is 2.00 bits per heavy atom. The van der Waals surface area contributed by atoms with Crippen LogP contribution in [-0.2, 0) is 20.8 Å². The Bertz CT molecular complexity index is 986. The van der Waals surface area contributed by atoms with Gasteiger partial charge >= 0.3 is 0 Å². The van der Waals surface area contributed by atoms with Gasteiger partial charge in [-0.2, -0.15) is 5.10 Å². The normalized spacial score (nSPS) is 24.8. The molecule has 3 rings (SSSR count). The van der Waals surface area contributed by atoms with Crippen LogP contribution in [-0.4, -0.2) is 52.8 Å². The molecule has 2 amide bonds. The summed E-state index contributed by atoms with van der Waals surface area (Å²) in [5.41, 5.74) is 10.2. The molecule has 1 fully saturated rings. The predicted octanol–water partition coefficient (Wildman–Crippen LogP) is 0.853. The number of nitrogens with two attached hydrogens (primary N) is 1. The number of nitrogens with zero attached hydrogens (tertiary/aromatic N) is 1. The third-order valence-corrected chi connectivity index (χ3v) is 6.31. The lowest BCUT2D eigenvalue weighted by Gasteiger charge is -2.24. The molecule has 1 aromatic rings. The molecule has 2 aliphatic carbocycles. The second-order valence-corrected chi connectivity index (χ2v) is 8.39. The average Bonchev–Trinajstić information content (AvgIpc) is 3.07. The first-order chi connectivity index (χ1) is 15.2. The monoisotopic (exact) mass is 443 g/mol. The molecule has 9 nitrogen and oxygen atoms in total. The summed E-state index contributed by atoms with van der Waals surface area (Å²) in [4.78, 5) is 35.6. The van der Waals surface area contributed by atoms with Crippen molar-refractivity contribution in [3.05, 3.63) is 35.4 Å². The number of ketones is 1. The highest BCUT2D eigenvalue weighted by molar-refractivity contribution is 6.15. The number of carbonyl (C=O) groups excluding carboxylic acids is 3. The van der Waals surface area contributed by atoms with Gasteiger partial charge in [-0.25, -0.2) is 5.43 Å². The van der Waals surface area contributed by atoms with Crippen molar-refractivity contribution in [2.75, 3.05) is 7.11 Å². The maximum atomic E-state index is 12.7. The lowest BCUT2D eigenvalue weighted by atomic mass is 9.80. The van der Waals surface area contributed by atoms with Crippen molar-refractivity contribution < 1.29 is 29.3 Å². The van der Waals surface area contributed by atoms with Crippen molar-refractivity contribution in [1.29, 1.82) is 0 Å². The average molecular weight is 444 g/mol. The zero-order chi connectivity index (χ0) is 23.5. The number of allylic oxidation sites excluding steroid dienone is 2. The number of fused-ring (bicyclic) bond motifs is 1. The fourth-order valence-corrected chi connectivity index (χ4v) is 4.20. The van der Waals surface area contributed by atoms with E-state index in [4.69, 9.17) is 10.5 Å². The standard InChI is InChI=1S/C23H29N3O6/c1-23(11-10-13-4-3-5-14-12-15(32-2)6-7-16(13)14)17(8-9-18(23)27)25-26-22(31)20(29)19(28)21(24)30/h6-7,10,12,19-20,28-29H,3-5,8-9,11H2,1-2H3,(H2,24,30)(H,26,31)/b13-10+,25-17+/t19-,20-,23-/m0/s1. The van der Waals surface area contributed by atoms with Crippen LogP contribution in [0.1, 0.15) is 50.2 Å². The largest absolute Gasteiger partial charge is 0.497 e. The summed E-state index contributed by atoms with van der Waals surface area (Å²) >= 11 is 0. The van der Waals surface area contributed by atoms with Gasteiger partial charge in [0.2, 0.25) is 5.91 Å². The van der Waals surface area contributed by atoms with Gasteiger partial charge in [0.15, 0.2) is 12.2 Å². The van der Waals surface area contributed by atoms with Gasteiger partial charge in [-0.1, -0.05) is 12.1 Å². The van der Waals surface area contributed by atoms with Gasteiger partial charge < -0.3 is 20.7 Å². The van der Waals surface area contributed by atoms with Crippen molar-refractivity contribution in [3.63, 3.8) is 0 Å². The van der Waals surface area contributed by atoms with Gasteiger partial charge in [-0.15, -0.1) is 0 Å². The topological polar surface area (TPSA) is 151 Å². The quantitative estimate of drug-likeness (QED) is 0.459. The van der Waals surface area contributed by atoms with Gasteiger partial charge in [0.05, 0.1) is 18.2 Å². The molecular weight excluding hydrogens is 414 g/mol. The van der Waals surface area contributed by atoms with E-state index in [1.165, 1.54) is 11.1 Å². The molecule has 0 aliphatic heterocycles. The molecule has 1 saturated carbocycles. The molecule has 0 bridgehead atoms. The number of primary amides is 1. The van der Waals surface area contributed by atoms with Crippen molar-refractivity contribution in [3.8, 4) is 5.75 Å². The molecule has 0 radical (unpaired) electrons. The summed E-state index contributed by atoms with van der Waals surface area (Å²) in [5.74, 6) is -1.46. The van der Waals surface area contributed by atoms with Crippen LogP contribution in [0.25, 0.3) is 5.57 Å². The Kier molecular flexibility index (Phi) is 7.10. The molecule has 0 heterocycles. The second kappa shape index (κ2) is 9.62. The van der Waals surface area contributed by atoms with E-state index in [2.05, 4.69) is 16.6 Å². The predicted molar refractivity (Wildman–Crippen MR) is 118 cm³/mol. The van der Waals surface area contributed by atoms with Crippen LogP contribution < -0.4 is 15.9 Å². The maximum Gasteiger partial charge on any atom is 0.272 e.